The number of carbonyl (C=O) groups excluding carboxylic acids is 2. The normalized spacial score (nSPS) is 22.9. The van der Waals surface area contributed by atoms with Crippen LogP contribution in [0.2, 0.25) is 0 Å². The van der Waals surface area contributed by atoms with Crippen LogP contribution in [-0.4, -0.2) is 28.3 Å². The lowest BCUT2D eigenvalue weighted by atomic mass is 9.82. The Bertz CT molecular complexity index is 514. The molecule has 110 valence electrons. The van der Waals surface area contributed by atoms with Gasteiger partial charge in [0.2, 0.25) is 11.8 Å². The Morgan fingerprint density at radius 1 is 1.35 bits per heavy atom. The Labute approximate surface area is 124 Å². The number of thiophene rings is 1. The summed E-state index contributed by atoms with van der Waals surface area (Å²) in [6.07, 6.45) is 0. The monoisotopic (exact) mass is 294 g/mol. The first-order chi connectivity index (χ1) is 9.14. The van der Waals surface area contributed by atoms with Crippen LogP contribution in [-0.2, 0) is 16.1 Å². The highest BCUT2D eigenvalue weighted by molar-refractivity contribution is 7.09. The fourth-order valence-electron chi connectivity index (χ4n) is 2.34. The number of rotatable bonds is 2. The molecule has 1 atom stereocenters. The average molecular weight is 294 g/mol. The minimum atomic E-state index is -0.817. The molecule has 20 heavy (non-hydrogen) atoms. The highest BCUT2D eigenvalue weighted by Crippen LogP contribution is 2.31. The SMILES string of the molecule is CC(C)(C)C1NC(=O)C(C)(C)N(Cc2cccs2)C1=O. The summed E-state index contributed by atoms with van der Waals surface area (Å²) in [6.45, 7) is 10.00. The molecule has 1 fully saturated rings. The third-order valence-electron chi connectivity index (χ3n) is 3.78. The van der Waals surface area contributed by atoms with Gasteiger partial charge in [-0.05, 0) is 30.7 Å². The minimum Gasteiger partial charge on any atom is -0.342 e. The van der Waals surface area contributed by atoms with Crippen molar-refractivity contribution in [3.8, 4) is 0 Å². The van der Waals surface area contributed by atoms with Gasteiger partial charge in [-0.1, -0.05) is 26.8 Å². The summed E-state index contributed by atoms with van der Waals surface area (Å²) in [7, 11) is 0. The minimum absolute atomic E-state index is 0.00417. The van der Waals surface area contributed by atoms with Crippen LogP contribution in [0, 0.1) is 5.41 Å². The van der Waals surface area contributed by atoms with E-state index in [2.05, 4.69) is 5.32 Å². The zero-order valence-electron chi connectivity index (χ0n) is 12.7. The fraction of sp³-hybridized carbons (Fsp3) is 0.600. The van der Waals surface area contributed by atoms with Crippen molar-refractivity contribution in [3.63, 3.8) is 0 Å². The van der Waals surface area contributed by atoms with Crippen LogP contribution in [0.15, 0.2) is 17.5 Å². The Morgan fingerprint density at radius 2 is 2.00 bits per heavy atom. The van der Waals surface area contributed by atoms with Gasteiger partial charge in [0.1, 0.15) is 11.6 Å². The van der Waals surface area contributed by atoms with Gasteiger partial charge < -0.3 is 10.2 Å². The summed E-state index contributed by atoms with van der Waals surface area (Å²) < 4.78 is 0. The van der Waals surface area contributed by atoms with E-state index in [1.807, 2.05) is 38.3 Å². The molecule has 2 amide bonds. The van der Waals surface area contributed by atoms with Crippen molar-refractivity contribution in [1.29, 1.82) is 0 Å². The molecule has 1 aromatic rings. The standard InChI is InChI=1S/C15H22N2O2S/c1-14(2,3)11-12(18)17(9-10-7-6-8-20-10)15(4,5)13(19)16-11/h6-8,11H,9H2,1-5H3,(H,16,19). The van der Waals surface area contributed by atoms with Crippen LogP contribution in [0.25, 0.3) is 0 Å². The predicted molar refractivity (Wildman–Crippen MR) is 80.3 cm³/mol. The van der Waals surface area contributed by atoms with Crippen LogP contribution < -0.4 is 5.32 Å². The Morgan fingerprint density at radius 3 is 2.50 bits per heavy atom. The molecule has 1 N–H and O–H groups in total. The second kappa shape index (κ2) is 4.88. The second-order valence-electron chi connectivity index (χ2n) is 6.84. The zero-order chi connectivity index (χ0) is 15.1. The highest BCUT2D eigenvalue weighted by Gasteiger charge is 2.49. The van der Waals surface area contributed by atoms with Crippen LogP contribution >= 0.6 is 11.3 Å². The van der Waals surface area contributed by atoms with Gasteiger partial charge in [0.15, 0.2) is 0 Å². The number of carbonyl (C=O) groups is 2. The lowest BCUT2D eigenvalue weighted by Crippen LogP contribution is -2.70. The lowest BCUT2D eigenvalue weighted by molar-refractivity contribution is -0.159. The molecule has 0 spiro atoms. The van der Waals surface area contributed by atoms with Gasteiger partial charge >= 0.3 is 0 Å². The molecule has 0 bridgehead atoms. The molecule has 0 aliphatic carbocycles. The van der Waals surface area contributed by atoms with Crippen molar-refractivity contribution in [3.05, 3.63) is 22.4 Å². The summed E-state index contributed by atoms with van der Waals surface area (Å²) in [5.74, 6) is -0.0934. The first-order valence-electron chi connectivity index (χ1n) is 6.79. The van der Waals surface area contributed by atoms with Crippen LogP contribution in [0.3, 0.4) is 0 Å². The summed E-state index contributed by atoms with van der Waals surface area (Å²) in [4.78, 5) is 27.9. The van der Waals surface area contributed by atoms with Crippen LogP contribution in [0.1, 0.15) is 39.5 Å². The molecule has 5 heteroatoms. The van der Waals surface area contributed by atoms with Crippen molar-refractivity contribution >= 4 is 23.2 Å². The maximum atomic E-state index is 12.8. The molecular formula is C15H22N2O2S. The van der Waals surface area contributed by atoms with Crippen LogP contribution in [0.5, 0.6) is 0 Å². The van der Waals surface area contributed by atoms with E-state index in [1.54, 1.807) is 30.1 Å². The largest absolute Gasteiger partial charge is 0.342 e. The van der Waals surface area contributed by atoms with E-state index in [-0.39, 0.29) is 17.2 Å². The quantitative estimate of drug-likeness (QED) is 0.910. The van der Waals surface area contributed by atoms with Crippen molar-refractivity contribution in [2.24, 2.45) is 5.41 Å². The summed E-state index contributed by atoms with van der Waals surface area (Å²) >= 11 is 1.60. The third kappa shape index (κ3) is 2.59. The zero-order valence-corrected chi connectivity index (χ0v) is 13.5. The molecule has 1 aliphatic rings. The molecule has 2 heterocycles. The fourth-order valence-corrected chi connectivity index (χ4v) is 3.04. The van der Waals surface area contributed by atoms with E-state index < -0.39 is 11.6 Å². The smallest absolute Gasteiger partial charge is 0.246 e. The van der Waals surface area contributed by atoms with Gasteiger partial charge in [0.05, 0.1) is 6.54 Å². The number of hydrogen-bond acceptors (Lipinski definition) is 3. The van der Waals surface area contributed by atoms with Gasteiger partial charge in [0, 0.05) is 4.88 Å². The topological polar surface area (TPSA) is 49.4 Å². The molecule has 1 aliphatic heterocycles. The van der Waals surface area contributed by atoms with Gasteiger partial charge in [-0.2, -0.15) is 0 Å². The number of piperazine rings is 1. The first-order valence-corrected chi connectivity index (χ1v) is 7.67. The number of hydrogen-bond donors (Lipinski definition) is 1. The highest BCUT2D eigenvalue weighted by atomic mass is 32.1. The first kappa shape index (κ1) is 15.0. The average Bonchev–Trinajstić information content (AvgIpc) is 2.81. The second-order valence-corrected chi connectivity index (χ2v) is 7.87. The lowest BCUT2D eigenvalue weighted by Gasteiger charge is -2.47. The van der Waals surface area contributed by atoms with Gasteiger partial charge in [-0.15, -0.1) is 11.3 Å². The number of amides is 2. The molecular weight excluding hydrogens is 272 g/mol. The summed E-state index contributed by atoms with van der Waals surface area (Å²) in [6, 6.07) is 3.48. The summed E-state index contributed by atoms with van der Waals surface area (Å²) in [5.41, 5.74) is -1.11. The van der Waals surface area contributed by atoms with E-state index in [0.29, 0.717) is 6.54 Å². The molecule has 1 saturated heterocycles. The van der Waals surface area contributed by atoms with Crippen molar-refractivity contribution in [2.75, 3.05) is 0 Å². The Hall–Kier alpha value is -1.36. The predicted octanol–water partition coefficient (Wildman–Crippen LogP) is 2.40. The van der Waals surface area contributed by atoms with Gasteiger partial charge in [-0.3, -0.25) is 9.59 Å². The van der Waals surface area contributed by atoms with Gasteiger partial charge in [-0.25, -0.2) is 0 Å². The van der Waals surface area contributed by atoms with E-state index in [0.717, 1.165) is 4.88 Å². The molecule has 1 aromatic heterocycles. The molecule has 0 radical (unpaired) electrons. The van der Waals surface area contributed by atoms with E-state index in [1.165, 1.54) is 0 Å². The van der Waals surface area contributed by atoms with E-state index in [9.17, 15) is 9.59 Å². The Balaban J connectivity index is 2.33. The molecule has 4 nitrogen and oxygen atoms in total. The van der Waals surface area contributed by atoms with Crippen molar-refractivity contribution < 1.29 is 9.59 Å². The Kier molecular flexibility index (Phi) is 3.67. The van der Waals surface area contributed by atoms with Crippen molar-refractivity contribution in [1.82, 2.24) is 10.2 Å². The van der Waals surface area contributed by atoms with Crippen molar-refractivity contribution in [2.45, 2.75) is 52.7 Å². The number of nitrogens with one attached hydrogen (secondary N) is 1. The maximum Gasteiger partial charge on any atom is 0.246 e. The van der Waals surface area contributed by atoms with E-state index >= 15 is 0 Å². The molecule has 0 saturated carbocycles. The molecule has 0 aromatic carbocycles. The van der Waals surface area contributed by atoms with E-state index in [4.69, 9.17) is 0 Å². The van der Waals surface area contributed by atoms with Crippen LogP contribution in [0.4, 0.5) is 0 Å². The summed E-state index contributed by atoms with van der Waals surface area (Å²) in [5, 5.41) is 4.86. The molecule has 1 unspecified atom stereocenters. The van der Waals surface area contributed by atoms with Gasteiger partial charge in [0.25, 0.3) is 0 Å². The maximum absolute atomic E-state index is 12.8. The molecule has 2 rings (SSSR count). The third-order valence-corrected chi connectivity index (χ3v) is 4.64. The number of nitrogens with zero attached hydrogens (tertiary/aromatic N) is 1.